The van der Waals surface area contributed by atoms with E-state index in [0.29, 0.717) is 6.07 Å². The van der Waals surface area contributed by atoms with Crippen LogP contribution < -0.4 is 10.9 Å². The molecule has 2 N–H and O–H groups in total. The summed E-state index contributed by atoms with van der Waals surface area (Å²) in [5, 5.41) is 0. The van der Waals surface area contributed by atoms with E-state index in [1.807, 2.05) is 0 Å². The summed E-state index contributed by atoms with van der Waals surface area (Å²) in [6.45, 7) is 0. The number of rotatable bonds is 2. The first-order valence-electron chi connectivity index (χ1n) is 5.92. The number of nitrogens with zero attached hydrogens (tertiary/aromatic N) is 2. The van der Waals surface area contributed by atoms with Crippen LogP contribution >= 0.6 is 0 Å². The lowest BCUT2D eigenvalue weighted by Crippen LogP contribution is -2.41. The Morgan fingerprint density at radius 2 is 1.59 bits per heavy atom. The van der Waals surface area contributed by atoms with Crippen molar-refractivity contribution < 1.29 is 22.8 Å². The summed E-state index contributed by atoms with van der Waals surface area (Å²) >= 11 is 0. The average molecular weight is 310 g/mol. The van der Waals surface area contributed by atoms with Crippen molar-refractivity contribution in [3.8, 4) is 0 Å². The fraction of sp³-hybridized carbons (Fsp3) is 0.0769. The zero-order valence-corrected chi connectivity index (χ0v) is 10.9. The van der Waals surface area contributed by atoms with Gasteiger partial charge in [-0.1, -0.05) is 0 Å². The second-order valence-corrected chi connectivity index (χ2v) is 4.08. The smallest absolute Gasteiger partial charge is 0.267 e. The summed E-state index contributed by atoms with van der Waals surface area (Å²) in [6, 6.07) is 4.66. The second kappa shape index (κ2) is 6.20. The molecule has 0 aromatic carbocycles. The highest BCUT2D eigenvalue weighted by Crippen LogP contribution is 2.27. The van der Waals surface area contributed by atoms with Crippen LogP contribution in [0.25, 0.3) is 0 Å². The molecule has 0 aliphatic carbocycles. The number of amides is 2. The lowest BCUT2D eigenvalue weighted by atomic mass is 10.2. The topological polar surface area (TPSA) is 84.0 Å². The third-order valence-corrected chi connectivity index (χ3v) is 2.53. The summed E-state index contributed by atoms with van der Waals surface area (Å²) < 4.78 is 37.0. The number of halogens is 3. The molecular formula is C13H9F3N4O2. The van der Waals surface area contributed by atoms with Gasteiger partial charge in [-0.25, -0.2) is 0 Å². The van der Waals surface area contributed by atoms with Gasteiger partial charge < -0.3 is 0 Å². The summed E-state index contributed by atoms with van der Waals surface area (Å²) in [5.74, 6) is -1.40. The first kappa shape index (κ1) is 15.4. The van der Waals surface area contributed by atoms with Crippen LogP contribution in [0.4, 0.5) is 13.2 Å². The Labute approximate surface area is 122 Å². The van der Waals surface area contributed by atoms with Gasteiger partial charge in [0.05, 0.1) is 11.1 Å². The Morgan fingerprint density at radius 3 is 2.05 bits per heavy atom. The zero-order valence-electron chi connectivity index (χ0n) is 10.9. The molecule has 0 radical (unpaired) electrons. The third kappa shape index (κ3) is 3.78. The molecule has 2 aromatic heterocycles. The summed E-state index contributed by atoms with van der Waals surface area (Å²) in [4.78, 5) is 30.2. The maximum absolute atomic E-state index is 12.3. The van der Waals surface area contributed by atoms with Gasteiger partial charge in [0, 0.05) is 18.6 Å². The molecular weight excluding hydrogens is 301 g/mol. The molecule has 0 aliphatic heterocycles. The van der Waals surface area contributed by atoms with E-state index in [0.717, 1.165) is 12.3 Å². The number of nitrogens with one attached hydrogen (secondary N) is 2. The molecule has 2 aromatic rings. The lowest BCUT2D eigenvalue weighted by Gasteiger charge is -2.08. The molecule has 0 aliphatic rings. The van der Waals surface area contributed by atoms with Crippen LogP contribution in [-0.4, -0.2) is 21.8 Å². The van der Waals surface area contributed by atoms with Crippen LogP contribution in [0.1, 0.15) is 26.4 Å². The minimum Gasteiger partial charge on any atom is -0.267 e. The van der Waals surface area contributed by atoms with E-state index >= 15 is 0 Å². The van der Waals surface area contributed by atoms with Crippen molar-refractivity contribution in [2.75, 3.05) is 0 Å². The van der Waals surface area contributed by atoms with Crippen LogP contribution in [0.5, 0.6) is 0 Å². The van der Waals surface area contributed by atoms with Crippen LogP contribution in [-0.2, 0) is 6.18 Å². The van der Waals surface area contributed by atoms with Crippen molar-refractivity contribution in [2.24, 2.45) is 0 Å². The molecule has 0 bridgehead atoms. The minimum atomic E-state index is -4.58. The number of alkyl halides is 3. The normalized spacial score (nSPS) is 10.9. The molecule has 0 spiro atoms. The van der Waals surface area contributed by atoms with Gasteiger partial charge in [-0.2, -0.15) is 13.2 Å². The van der Waals surface area contributed by atoms with Crippen LogP contribution in [0.3, 0.4) is 0 Å². The van der Waals surface area contributed by atoms with Crippen molar-refractivity contribution in [2.45, 2.75) is 6.18 Å². The van der Waals surface area contributed by atoms with Gasteiger partial charge in [-0.15, -0.1) is 0 Å². The third-order valence-electron chi connectivity index (χ3n) is 2.53. The zero-order chi connectivity index (χ0) is 16.2. The predicted octanol–water partition coefficient (Wildman–Crippen LogP) is 1.57. The number of carbonyl (C=O) groups is 2. The maximum atomic E-state index is 12.3. The van der Waals surface area contributed by atoms with E-state index in [1.54, 1.807) is 0 Å². The standard InChI is InChI=1S/C13H9F3N4O2/c14-13(15,16)10-4-3-9(7-18-10)12(22)20-19-11(21)8-2-1-5-17-6-8/h1-7H,(H,19,21)(H,20,22). The van der Waals surface area contributed by atoms with Crippen LogP contribution in [0.2, 0.25) is 0 Å². The number of hydrogen-bond donors (Lipinski definition) is 2. The number of aromatic nitrogens is 2. The molecule has 2 rings (SSSR count). The lowest BCUT2D eigenvalue weighted by molar-refractivity contribution is -0.141. The molecule has 6 nitrogen and oxygen atoms in total. The largest absolute Gasteiger partial charge is 0.433 e. The van der Waals surface area contributed by atoms with Crippen molar-refractivity contribution in [3.05, 3.63) is 59.7 Å². The first-order chi connectivity index (χ1) is 10.4. The Balaban J connectivity index is 1.97. The van der Waals surface area contributed by atoms with Gasteiger partial charge in [0.15, 0.2) is 0 Å². The first-order valence-corrected chi connectivity index (χ1v) is 5.92. The van der Waals surface area contributed by atoms with Gasteiger partial charge >= 0.3 is 6.18 Å². The van der Waals surface area contributed by atoms with Gasteiger partial charge in [0.25, 0.3) is 11.8 Å². The maximum Gasteiger partial charge on any atom is 0.433 e. The van der Waals surface area contributed by atoms with E-state index in [1.165, 1.54) is 24.5 Å². The number of carbonyl (C=O) groups excluding carboxylic acids is 2. The fourth-order valence-electron chi connectivity index (χ4n) is 1.45. The van der Waals surface area contributed by atoms with Gasteiger partial charge in [0.1, 0.15) is 5.69 Å². The van der Waals surface area contributed by atoms with E-state index < -0.39 is 23.7 Å². The van der Waals surface area contributed by atoms with E-state index in [-0.39, 0.29) is 11.1 Å². The quantitative estimate of drug-likeness (QED) is 0.825. The van der Waals surface area contributed by atoms with Gasteiger partial charge in [0.2, 0.25) is 0 Å². The Morgan fingerprint density at radius 1 is 0.955 bits per heavy atom. The molecule has 2 amide bonds. The highest BCUT2D eigenvalue weighted by atomic mass is 19.4. The molecule has 0 atom stereocenters. The van der Waals surface area contributed by atoms with Crippen molar-refractivity contribution in [1.82, 2.24) is 20.8 Å². The monoisotopic (exact) mass is 310 g/mol. The number of pyridine rings is 2. The predicted molar refractivity (Wildman–Crippen MR) is 68.4 cm³/mol. The van der Waals surface area contributed by atoms with Gasteiger partial charge in [-0.3, -0.25) is 30.4 Å². The molecule has 9 heteroatoms. The summed E-state index contributed by atoms with van der Waals surface area (Å²) in [7, 11) is 0. The SMILES string of the molecule is O=C(NNC(=O)c1ccc(C(F)(F)F)nc1)c1cccnc1. The molecule has 0 saturated carbocycles. The Bertz CT molecular complexity index is 672. The molecule has 0 fully saturated rings. The highest BCUT2D eigenvalue weighted by molar-refractivity contribution is 5.98. The van der Waals surface area contributed by atoms with E-state index in [2.05, 4.69) is 20.8 Å². The highest BCUT2D eigenvalue weighted by Gasteiger charge is 2.32. The minimum absolute atomic E-state index is 0.125. The summed E-state index contributed by atoms with van der Waals surface area (Å²) in [6.07, 6.45) is -1.04. The molecule has 2 heterocycles. The van der Waals surface area contributed by atoms with E-state index in [9.17, 15) is 22.8 Å². The summed E-state index contributed by atoms with van der Waals surface area (Å²) in [5.41, 5.74) is 3.16. The fourth-order valence-corrected chi connectivity index (χ4v) is 1.45. The average Bonchev–Trinajstić information content (AvgIpc) is 2.52. The van der Waals surface area contributed by atoms with Gasteiger partial charge in [-0.05, 0) is 24.3 Å². The van der Waals surface area contributed by atoms with Crippen LogP contribution in [0, 0.1) is 0 Å². The molecule has 0 saturated heterocycles. The molecule has 22 heavy (non-hydrogen) atoms. The second-order valence-electron chi connectivity index (χ2n) is 4.08. The van der Waals surface area contributed by atoms with Crippen molar-refractivity contribution in [3.63, 3.8) is 0 Å². The Kier molecular flexibility index (Phi) is 4.35. The van der Waals surface area contributed by atoms with Crippen LogP contribution in [0.15, 0.2) is 42.9 Å². The van der Waals surface area contributed by atoms with Crippen molar-refractivity contribution in [1.29, 1.82) is 0 Å². The van der Waals surface area contributed by atoms with E-state index in [4.69, 9.17) is 0 Å². The molecule has 0 unspecified atom stereocenters. The van der Waals surface area contributed by atoms with Crippen molar-refractivity contribution >= 4 is 11.8 Å². The number of hydrogen-bond acceptors (Lipinski definition) is 4. The Hall–Kier alpha value is -2.97. The number of hydrazine groups is 1. The molecule has 114 valence electrons.